The molecule has 1 aliphatic rings. The highest BCUT2D eigenvalue weighted by molar-refractivity contribution is 6.55. The van der Waals surface area contributed by atoms with Gasteiger partial charge in [-0.05, 0) is 63.4 Å². The summed E-state index contributed by atoms with van der Waals surface area (Å²) in [6.07, 6.45) is 1.84. The molecule has 1 aromatic carbocycles. The van der Waals surface area contributed by atoms with Gasteiger partial charge in [0.15, 0.2) is 0 Å². The highest BCUT2D eigenvalue weighted by Gasteiger charge is 2.52. The van der Waals surface area contributed by atoms with E-state index in [9.17, 15) is 10.2 Å². The van der Waals surface area contributed by atoms with E-state index in [1.54, 1.807) is 12.1 Å². The summed E-state index contributed by atoms with van der Waals surface area (Å²) in [6.45, 7) is 9.61. The predicted molar refractivity (Wildman–Crippen MR) is 84.0 cm³/mol. The van der Waals surface area contributed by atoms with Gasteiger partial charge in [0.05, 0.1) is 17.8 Å². The Balaban J connectivity index is 2.28. The molecule has 1 saturated heterocycles. The maximum atomic E-state index is 9.63. The van der Waals surface area contributed by atoms with E-state index in [1.165, 1.54) is 0 Å². The Labute approximate surface area is 126 Å². The molecule has 2 rings (SSSR count). The minimum atomic E-state index is -0.561. The van der Waals surface area contributed by atoms with Crippen molar-refractivity contribution in [3.63, 3.8) is 0 Å². The van der Waals surface area contributed by atoms with Crippen molar-refractivity contribution in [3.05, 3.63) is 34.8 Å². The third kappa shape index (κ3) is 3.15. The smallest absolute Gasteiger partial charge is 0.492 e. The number of aromatic hydroxyl groups is 1. The van der Waals surface area contributed by atoms with Gasteiger partial charge >= 0.3 is 7.12 Å². The van der Waals surface area contributed by atoms with Crippen LogP contribution in [-0.2, 0) is 9.31 Å². The number of hydrogen-bond acceptors (Lipinski definition) is 4. The molecule has 0 radical (unpaired) electrons. The fourth-order valence-electron chi connectivity index (χ4n) is 2.17. The summed E-state index contributed by atoms with van der Waals surface area (Å²) in [7, 11) is -0.561. The lowest BCUT2D eigenvalue weighted by Crippen LogP contribution is -2.41. The molecule has 4 nitrogen and oxygen atoms in total. The molecule has 0 spiro atoms. The average molecular weight is 290 g/mol. The van der Waals surface area contributed by atoms with Gasteiger partial charge in [-0.15, -0.1) is 0 Å². The molecule has 1 aliphatic heterocycles. The van der Waals surface area contributed by atoms with E-state index in [0.29, 0.717) is 5.47 Å². The molecule has 0 bridgehead atoms. The van der Waals surface area contributed by atoms with E-state index in [-0.39, 0.29) is 12.4 Å². The van der Waals surface area contributed by atoms with Crippen LogP contribution >= 0.6 is 0 Å². The van der Waals surface area contributed by atoms with Crippen molar-refractivity contribution in [3.8, 4) is 5.75 Å². The van der Waals surface area contributed by atoms with E-state index >= 15 is 0 Å². The number of aryl methyl sites for hydroxylation is 1. The lowest BCUT2D eigenvalue weighted by atomic mass is 9.77. The van der Waals surface area contributed by atoms with Crippen molar-refractivity contribution in [2.75, 3.05) is 6.61 Å². The molecule has 1 heterocycles. The molecular weight excluding hydrogens is 267 g/mol. The molecule has 114 valence electrons. The summed E-state index contributed by atoms with van der Waals surface area (Å²) in [5.74, 6) is 0.258. The Morgan fingerprint density at radius 2 is 1.76 bits per heavy atom. The molecule has 2 N–H and O–H groups in total. The zero-order valence-corrected chi connectivity index (χ0v) is 13.3. The minimum absolute atomic E-state index is 0.142. The molecule has 1 fully saturated rings. The van der Waals surface area contributed by atoms with E-state index in [1.807, 2.05) is 46.8 Å². The fourth-order valence-corrected chi connectivity index (χ4v) is 2.17. The van der Waals surface area contributed by atoms with Crippen LogP contribution in [0.3, 0.4) is 0 Å². The molecule has 0 atom stereocenters. The first-order chi connectivity index (χ1) is 9.66. The zero-order valence-electron chi connectivity index (χ0n) is 13.3. The summed E-state index contributed by atoms with van der Waals surface area (Å²) in [4.78, 5) is 0. The van der Waals surface area contributed by atoms with Crippen LogP contribution in [0.15, 0.2) is 23.7 Å². The van der Waals surface area contributed by atoms with Gasteiger partial charge in [0.25, 0.3) is 0 Å². The molecule has 1 aromatic rings. The third-order valence-electron chi connectivity index (χ3n) is 4.31. The quantitative estimate of drug-likeness (QED) is 0.840. The molecule has 0 saturated carbocycles. The molecule has 5 heteroatoms. The van der Waals surface area contributed by atoms with Crippen molar-refractivity contribution in [2.45, 2.75) is 45.8 Å². The highest BCUT2D eigenvalue weighted by atomic mass is 16.7. The van der Waals surface area contributed by atoms with Gasteiger partial charge in [0.2, 0.25) is 0 Å². The van der Waals surface area contributed by atoms with Crippen LogP contribution in [0.5, 0.6) is 5.75 Å². The molecule has 0 amide bonds. The Bertz CT molecular complexity index is 547. The van der Waals surface area contributed by atoms with Crippen molar-refractivity contribution in [1.82, 2.24) is 0 Å². The third-order valence-corrected chi connectivity index (χ3v) is 4.31. The van der Waals surface area contributed by atoms with Gasteiger partial charge in [-0.3, -0.25) is 0 Å². The van der Waals surface area contributed by atoms with E-state index in [0.717, 1.165) is 11.1 Å². The molecule has 0 unspecified atom stereocenters. The maximum absolute atomic E-state index is 9.63. The Hall–Kier alpha value is -1.30. The van der Waals surface area contributed by atoms with Crippen LogP contribution < -0.4 is 0 Å². The summed E-state index contributed by atoms with van der Waals surface area (Å²) < 4.78 is 11.9. The highest BCUT2D eigenvalue weighted by Crippen LogP contribution is 2.38. The van der Waals surface area contributed by atoms with Gasteiger partial charge in [-0.1, -0.05) is 12.1 Å². The Kier molecular flexibility index (Phi) is 4.20. The van der Waals surface area contributed by atoms with Gasteiger partial charge in [0, 0.05) is 0 Å². The van der Waals surface area contributed by atoms with Crippen LogP contribution in [0.2, 0.25) is 0 Å². The average Bonchev–Trinajstić information content (AvgIpc) is 2.59. The summed E-state index contributed by atoms with van der Waals surface area (Å²) in [5.41, 5.74) is 1.48. The van der Waals surface area contributed by atoms with E-state index < -0.39 is 18.3 Å². The number of aliphatic hydroxyl groups is 1. The lowest BCUT2D eigenvalue weighted by molar-refractivity contribution is 0.00578. The first-order valence-corrected chi connectivity index (χ1v) is 7.13. The normalized spacial score (nSPS) is 20.9. The number of hydrogen-bond donors (Lipinski definition) is 2. The van der Waals surface area contributed by atoms with Gasteiger partial charge < -0.3 is 19.5 Å². The van der Waals surface area contributed by atoms with E-state index in [2.05, 4.69) is 0 Å². The molecule has 0 aromatic heterocycles. The minimum Gasteiger partial charge on any atom is -0.508 e. The van der Waals surface area contributed by atoms with Gasteiger partial charge in [0.1, 0.15) is 5.75 Å². The zero-order chi connectivity index (χ0) is 15.8. The monoisotopic (exact) mass is 290 g/mol. The Morgan fingerprint density at radius 1 is 1.19 bits per heavy atom. The second kappa shape index (κ2) is 5.48. The second-order valence-electron chi connectivity index (χ2n) is 6.51. The Morgan fingerprint density at radius 3 is 2.24 bits per heavy atom. The number of rotatable bonds is 3. The first-order valence-electron chi connectivity index (χ1n) is 7.13. The van der Waals surface area contributed by atoms with Crippen LogP contribution in [-0.4, -0.2) is 35.1 Å². The van der Waals surface area contributed by atoms with Crippen LogP contribution in [0.4, 0.5) is 0 Å². The second-order valence-corrected chi connectivity index (χ2v) is 6.51. The first kappa shape index (κ1) is 16.1. The van der Waals surface area contributed by atoms with Crippen LogP contribution in [0, 0.1) is 6.92 Å². The number of aliphatic hydroxyl groups excluding tert-OH is 1. The van der Waals surface area contributed by atoms with Gasteiger partial charge in [-0.25, -0.2) is 0 Å². The lowest BCUT2D eigenvalue weighted by Gasteiger charge is -2.32. The molecular formula is C16H23BO4. The predicted octanol–water partition coefficient (Wildman–Crippen LogP) is 2.71. The van der Waals surface area contributed by atoms with Crippen molar-refractivity contribution in [1.29, 1.82) is 0 Å². The standard InChI is InChI=1S/C16H23BO4/c1-11-8-12(6-7-14(11)19)9-13(10-18)17-20-15(2,3)16(4,5)21-17/h6-9,18-19H,10H2,1-5H3. The molecule has 21 heavy (non-hydrogen) atoms. The number of phenolic OH excluding ortho intramolecular Hbond substituents is 1. The van der Waals surface area contributed by atoms with Crippen molar-refractivity contribution >= 4 is 13.2 Å². The molecule has 0 aliphatic carbocycles. The van der Waals surface area contributed by atoms with Crippen LogP contribution in [0.25, 0.3) is 6.08 Å². The van der Waals surface area contributed by atoms with E-state index in [4.69, 9.17) is 9.31 Å². The van der Waals surface area contributed by atoms with Crippen LogP contribution in [0.1, 0.15) is 38.8 Å². The number of phenols is 1. The fraction of sp³-hybridized carbons (Fsp3) is 0.500. The van der Waals surface area contributed by atoms with Crippen molar-refractivity contribution in [2.24, 2.45) is 0 Å². The summed E-state index contributed by atoms with van der Waals surface area (Å²) in [6, 6.07) is 5.29. The number of benzene rings is 1. The van der Waals surface area contributed by atoms with Crippen molar-refractivity contribution < 1.29 is 19.5 Å². The SMILES string of the molecule is Cc1cc(C=C(CO)B2OC(C)(C)C(C)(C)O2)ccc1O. The summed E-state index contributed by atoms with van der Waals surface area (Å²) in [5, 5.41) is 19.2. The summed E-state index contributed by atoms with van der Waals surface area (Å²) >= 11 is 0. The largest absolute Gasteiger partial charge is 0.508 e. The maximum Gasteiger partial charge on any atom is 0.492 e. The van der Waals surface area contributed by atoms with Gasteiger partial charge in [-0.2, -0.15) is 0 Å². The topological polar surface area (TPSA) is 58.9 Å².